The third-order valence-corrected chi connectivity index (χ3v) is 6.13. The van der Waals surface area contributed by atoms with Gasteiger partial charge in [0.2, 0.25) is 0 Å². The summed E-state index contributed by atoms with van der Waals surface area (Å²) in [5.41, 5.74) is 3.69. The maximum atomic E-state index is 12.8. The molecule has 0 saturated carbocycles. The number of amides is 1. The van der Waals surface area contributed by atoms with Crippen molar-refractivity contribution in [3.63, 3.8) is 0 Å². The number of hydrogen-bond donors (Lipinski definition) is 5. The number of H-pyrrole nitrogens is 3. The summed E-state index contributed by atoms with van der Waals surface area (Å²) in [6.07, 6.45) is 11.6. The summed E-state index contributed by atoms with van der Waals surface area (Å²) in [6.45, 7) is 3.57. The average molecular weight is 510 g/mol. The molecule has 0 radical (unpaired) electrons. The fraction of sp³-hybridized carbons (Fsp3) is 0.214. The van der Waals surface area contributed by atoms with Crippen molar-refractivity contribution in [2.24, 2.45) is 0 Å². The van der Waals surface area contributed by atoms with E-state index >= 15 is 0 Å². The molecule has 3 heterocycles. The van der Waals surface area contributed by atoms with Crippen molar-refractivity contribution < 1.29 is 4.79 Å². The van der Waals surface area contributed by atoms with Crippen LogP contribution >= 0.6 is 0 Å². The number of carbonyl (C=O) groups is 1. The molecule has 38 heavy (non-hydrogen) atoms. The SMILES string of the molecule is O=C(Nc1ccc(CCNCc2ncc[nH]2)cc1)c1ccc(CN(Cc2ncc[nH]2)Cc2ncc[nH]2)cc1. The normalized spacial score (nSPS) is 11.2. The summed E-state index contributed by atoms with van der Waals surface area (Å²) < 4.78 is 0. The predicted molar refractivity (Wildman–Crippen MR) is 145 cm³/mol. The number of rotatable bonds is 13. The second-order valence-corrected chi connectivity index (χ2v) is 9.03. The molecule has 0 bridgehead atoms. The second-order valence-electron chi connectivity index (χ2n) is 9.03. The fourth-order valence-corrected chi connectivity index (χ4v) is 4.17. The molecule has 0 aliphatic carbocycles. The van der Waals surface area contributed by atoms with Gasteiger partial charge in [-0.15, -0.1) is 0 Å². The number of nitrogens with zero attached hydrogens (tertiary/aromatic N) is 4. The Balaban J connectivity index is 1.12. The van der Waals surface area contributed by atoms with Crippen molar-refractivity contribution in [3.8, 4) is 0 Å². The molecule has 10 heteroatoms. The summed E-state index contributed by atoms with van der Waals surface area (Å²) in [5, 5.41) is 6.36. The lowest BCUT2D eigenvalue weighted by Gasteiger charge is -2.20. The highest BCUT2D eigenvalue weighted by Crippen LogP contribution is 2.15. The highest BCUT2D eigenvalue weighted by molar-refractivity contribution is 6.04. The first-order chi connectivity index (χ1) is 18.7. The van der Waals surface area contributed by atoms with Gasteiger partial charge in [0.1, 0.15) is 17.5 Å². The molecular formula is C28H31N9O. The van der Waals surface area contributed by atoms with Gasteiger partial charge < -0.3 is 25.6 Å². The van der Waals surface area contributed by atoms with E-state index in [-0.39, 0.29) is 5.91 Å². The number of aromatic amines is 3. The smallest absolute Gasteiger partial charge is 0.255 e. The van der Waals surface area contributed by atoms with Crippen LogP contribution in [-0.4, -0.2) is 47.3 Å². The number of imidazole rings is 3. The van der Waals surface area contributed by atoms with E-state index in [9.17, 15) is 4.79 Å². The lowest BCUT2D eigenvalue weighted by Crippen LogP contribution is -2.23. The summed E-state index contributed by atoms with van der Waals surface area (Å²) in [7, 11) is 0. The number of anilines is 1. The van der Waals surface area contributed by atoms with E-state index in [1.807, 2.05) is 67.1 Å². The molecule has 0 unspecified atom stereocenters. The monoisotopic (exact) mass is 509 g/mol. The van der Waals surface area contributed by atoms with Gasteiger partial charge in [0.05, 0.1) is 19.6 Å². The Labute approximate surface area is 221 Å². The van der Waals surface area contributed by atoms with Gasteiger partial charge in [-0.25, -0.2) is 15.0 Å². The van der Waals surface area contributed by atoms with Gasteiger partial charge >= 0.3 is 0 Å². The van der Waals surface area contributed by atoms with Crippen molar-refractivity contribution in [2.75, 3.05) is 11.9 Å². The largest absolute Gasteiger partial charge is 0.348 e. The summed E-state index contributed by atoms with van der Waals surface area (Å²) >= 11 is 0. The molecule has 3 aromatic heterocycles. The van der Waals surface area contributed by atoms with Crippen molar-refractivity contribution in [1.29, 1.82) is 0 Å². The molecule has 2 aromatic carbocycles. The van der Waals surface area contributed by atoms with E-state index in [2.05, 4.69) is 45.4 Å². The first-order valence-electron chi connectivity index (χ1n) is 12.6. The van der Waals surface area contributed by atoms with Gasteiger partial charge in [-0.3, -0.25) is 9.69 Å². The van der Waals surface area contributed by atoms with E-state index in [4.69, 9.17) is 0 Å². The van der Waals surface area contributed by atoms with Gasteiger partial charge in [0, 0.05) is 55.0 Å². The van der Waals surface area contributed by atoms with Gasteiger partial charge in [-0.05, 0) is 48.4 Å². The minimum atomic E-state index is -0.132. The molecule has 0 spiro atoms. The Hall–Kier alpha value is -4.54. The van der Waals surface area contributed by atoms with Crippen LogP contribution in [0.1, 0.15) is 39.0 Å². The minimum absolute atomic E-state index is 0.132. The van der Waals surface area contributed by atoms with E-state index in [0.717, 1.165) is 41.7 Å². The Bertz CT molecular complexity index is 1330. The first kappa shape index (κ1) is 25.1. The minimum Gasteiger partial charge on any atom is -0.348 e. The lowest BCUT2D eigenvalue weighted by molar-refractivity contribution is 0.102. The number of carbonyl (C=O) groups excluding carboxylic acids is 1. The van der Waals surface area contributed by atoms with Crippen LogP contribution in [0.5, 0.6) is 0 Å². The third-order valence-electron chi connectivity index (χ3n) is 6.13. The molecule has 5 rings (SSSR count). The quantitative estimate of drug-likeness (QED) is 0.154. The Morgan fingerprint density at radius 2 is 1.29 bits per heavy atom. The molecule has 0 saturated heterocycles. The highest BCUT2D eigenvalue weighted by atomic mass is 16.1. The zero-order chi connectivity index (χ0) is 26.0. The summed E-state index contributed by atoms with van der Waals surface area (Å²) in [5.74, 6) is 2.58. The van der Waals surface area contributed by atoms with Crippen molar-refractivity contribution in [2.45, 2.75) is 32.6 Å². The van der Waals surface area contributed by atoms with Crippen molar-refractivity contribution in [3.05, 3.63) is 120 Å². The Morgan fingerprint density at radius 1 is 0.711 bits per heavy atom. The molecule has 0 atom stereocenters. The highest BCUT2D eigenvalue weighted by Gasteiger charge is 2.12. The Kier molecular flexibility index (Phi) is 8.34. The lowest BCUT2D eigenvalue weighted by atomic mass is 10.1. The van der Waals surface area contributed by atoms with E-state index in [1.165, 1.54) is 5.56 Å². The van der Waals surface area contributed by atoms with Crippen LogP contribution in [0.4, 0.5) is 5.69 Å². The molecule has 10 nitrogen and oxygen atoms in total. The fourth-order valence-electron chi connectivity index (χ4n) is 4.17. The van der Waals surface area contributed by atoms with Crippen LogP contribution in [0.25, 0.3) is 0 Å². The average Bonchev–Trinajstić information content (AvgIpc) is 3.73. The number of nitrogens with one attached hydrogen (secondary N) is 5. The number of benzene rings is 2. The predicted octanol–water partition coefficient (Wildman–Crippen LogP) is 3.64. The zero-order valence-electron chi connectivity index (χ0n) is 21.0. The van der Waals surface area contributed by atoms with Crippen molar-refractivity contribution >= 4 is 11.6 Å². The van der Waals surface area contributed by atoms with Gasteiger partial charge in [0.25, 0.3) is 5.91 Å². The molecule has 5 aromatic rings. The topological polar surface area (TPSA) is 130 Å². The van der Waals surface area contributed by atoms with Gasteiger partial charge in [-0.2, -0.15) is 0 Å². The summed E-state index contributed by atoms with van der Waals surface area (Å²) in [6, 6.07) is 15.7. The first-order valence-corrected chi connectivity index (χ1v) is 12.6. The second kappa shape index (κ2) is 12.6. The van der Waals surface area contributed by atoms with Crippen LogP contribution in [0.2, 0.25) is 0 Å². The number of hydrogen-bond acceptors (Lipinski definition) is 6. The maximum absolute atomic E-state index is 12.8. The zero-order valence-corrected chi connectivity index (χ0v) is 21.0. The van der Waals surface area contributed by atoms with Crippen LogP contribution in [0, 0.1) is 0 Å². The standard InChI is InChI=1S/C28H31N9O/c38-28(36-24-7-3-21(4-8-24)9-10-29-17-25-30-11-12-31-25)23-5-1-22(2-6-23)18-37(19-26-32-13-14-33-26)20-27-34-15-16-35-27/h1-8,11-16,29H,9-10,17-20H2,(H,30,31)(H,32,33)(H,34,35)(H,36,38). The molecule has 194 valence electrons. The maximum Gasteiger partial charge on any atom is 0.255 e. The van der Waals surface area contributed by atoms with Gasteiger partial charge in [-0.1, -0.05) is 24.3 Å². The Morgan fingerprint density at radius 3 is 1.87 bits per heavy atom. The third kappa shape index (κ3) is 7.25. The molecule has 1 amide bonds. The molecular weight excluding hydrogens is 478 g/mol. The summed E-state index contributed by atoms with van der Waals surface area (Å²) in [4.78, 5) is 37.3. The van der Waals surface area contributed by atoms with Gasteiger partial charge in [0.15, 0.2) is 0 Å². The van der Waals surface area contributed by atoms with E-state index in [1.54, 1.807) is 18.6 Å². The van der Waals surface area contributed by atoms with Crippen LogP contribution < -0.4 is 10.6 Å². The van der Waals surface area contributed by atoms with Crippen molar-refractivity contribution in [1.82, 2.24) is 40.1 Å². The van der Waals surface area contributed by atoms with Crippen LogP contribution in [0.3, 0.4) is 0 Å². The van der Waals surface area contributed by atoms with E-state index in [0.29, 0.717) is 31.7 Å². The molecule has 5 N–H and O–H groups in total. The molecule has 0 aliphatic rings. The molecule has 0 fully saturated rings. The van der Waals surface area contributed by atoms with Crippen LogP contribution in [-0.2, 0) is 32.6 Å². The van der Waals surface area contributed by atoms with Crippen LogP contribution in [0.15, 0.2) is 85.7 Å². The number of aromatic nitrogens is 6. The van der Waals surface area contributed by atoms with E-state index < -0.39 is 0 Å². The molecule has 0 aliphatic heterocycles.